The smallest absolute Gasteiger partial charge is 0.353 e. The molecule has 2 rings (SSSR count). The standard InChI is InChI=1S/C11H9NO3/c1-6-3-2-4-7-8(5-13)10(11(14)15)12-9(6)7/h2-5,12H,1H3,(H,14,15). The van der Waals surface area contributed by atoms with Crippen molar-refractivity contribution in [3.05, 3.63) is 35.0 Å². The number of carboxylic acid groups (broad SMARTS) is 1. The summed E-state index contributed by atoms with van der Waals surface area (Å²) in [6, 6.07) is 5.39. The van der Waals surface area contributed by atoms with Crippen molar-refractivity contribution < 1.29 is 14.7 Å². The zero-order valence-electron chi connectivity index (χ0n) is 8.07. The van der Waals surface area contributed by atoms with E-state index in [1.54, 1.807) is 12.1 Å². The maximum absolute atomic E-state index is 10.9. The molecule has 0 radical (unpaired) electrons. The Bertz CT molecular complexity index is 554. The second-order valence-corrected chi connectivity index (χ2v) is 3.33. The Morgan fingerprint density at radius 3 is 2.80 bits per heavy atom. The number of carbonyl (C=O) groups is 2. The highest BCUT2D eigenvalue weighted by Crippen LogP contribution is 2.23. The van der Waals surface area contributed by atoms with E-state index < -0.39 is 5.97 Å². The second-order valence-electron chi connectivity index (χ2n) is 3.33. The lowest BCUT2D eigenvalue weighted by Gasteiger charge is -1.93. The Balaban J connectivity index is 2.90. The van der Waals surface area contributed by atoms with Crippen LogP contribution in [0.3, 0.4) is 0 Å². The molecular weight excluding hydrogens is 194 g/mol. The lowest BCUT2D eigenvalue weighted by atomic mass is 10.1. The molecular formula is C11H9NO3. The van der Waals surface area contributed by atoms with Gasteiger partial charge in [0.05, 0.1) is 5.56 Å². The summed E-state index contributed by atoms with van der Waals surface area (Å²) in [6.45, 7) is 1.86. The van der Waals surface area contributed by atoms with Gasteiger partial charge in [0.2, 0.25) is 0 Å². The summed E-state index contributed by atoms with van der Waals surface area (Å²) in [5, 5.41) is 9.55. The number of aromatic amines is 1. The van der Waals surface area contributed by atoms with Crippen LogP contribution in [0.1, 0.15) is 26.4 Å². The molecule has 0 fully saturated rings. The van der Waals surface area contributed by atoms with Gasteiger partial charge < -0.3 is 10.1 Å². The number of hydrogen-bond donors (Lipinski definition) is 2. The Morgan fingerprint density at radius 1 is 1.47 bits per heavy atom. The fourth-order valence-electron chi connectivity index (χ4n) is 1.68. The Kier molecular flexibility index (Phi) is 2.04. The van der Waals surface area contributed by atoms with Crippen molar-refractivity contribution in [3.63, 3.8) is 0 Å². The molecule has 0 unspecified atom stereocenters. The average molecular weight is 203 g/mol. The minimum Gasteiger partial charge on any atom is -0.477 e. The first-order chi connectivity index (χ1) is 7.15. The molecule has 2 N–H and O–H groups in total. The van der Waals surface area contributed by atoms with Crippen LogP contribution in [-0.2, 0) is 0 Å². The van der Waals surface area contributed by atoms with Gasteiger partial charge in [0.25, 0.3) is 0 Å². The molecule has 4 heteroatoms. The number of fused-ring (bicyclic) bond motifs is 1. The van der Waals surface area contributed by atoms with Gasteiger partial charge in [-0.1, -0.05) is 18.2 Å². The quantitative estimate of drug-likeness (QED) is 0.733. The first kappa shape index (κ1) is 9.45. The number of aromatic nitrogens is 1. The van der Waals surface area contributed by atoms with Crippen molar-refractivity contribution in [2.75, 3.05) is 0 Å². The first-order valence-corrected chi connectivity index (χ1v) is 4.45. The highest BCUT2D eigenvalue weighted by atomic mass is 16.4. The van der Waals surface area contributed by atoms with E-state index >= 15 is 0 Å². The van der Waals surface area contributed by atoms with Crippen LogP contribution in [0.5, 0.6) is 0 Å². The average Bonchev–Trinajstić information content (AvgIpc) is 2.57. The number of rotatable bonds is 2. The topological polar surface area (TPSA) is 70.2 Å². The van der Waals surface area contributed by atoms with E-state index in [9.17, 15) is 9.59 Å². The summed E-state index contributed by atoms with van der Waals surface area (Å²) in [7, 11) is 0. The van der Waals surface area contributed by atoms with Crippen LogP contribution in [0.25, 0.3) is 10.9 Å². The Labute approximate surface area is 85.5 Å². The maximum atomic E-state index is 10.9. The monoisotopic (exact) mass is 203 g/mol. The molecule has 15 heavy (non-hydrogen) atoms. The highest BCUT2D eigenvalue weighted by molar-refractivity contribution is 6.08. The number of aromatic carboxylic acids is 1. The molecule has 0 saturated heterocycles. The van der Waals surface area contributed by atoms with Crippen LogP contribution in [0.4, 0.5) is 0 Å². The third kappa shape index (κ3) is 1.30. The summed E-state index contributed by atoms with van der Waals surface area (Å²) in [4.78, 5) is 24.5. The van der Waals surface area contributed by atoms with Crippen molar-refractivity contribution in [1.29, 1.82) is 0 Å². The molecule has 0 aliphatic rings. The minimum atomic E-state index is -1.12. The fourth-order valence-corrected chi connectivity index (χ4v) is 1.68. The summed E-state index contributed by atoms with van der Waals surface area (Å²) in [5.74, 6) is -1.12. The van der Waals surface area contributed by atoms with Crippen molar-refractivity contribution in [3.8, 4) is 0 Å². The molecule has 0 bridgehead atoms. The summed E-state index contributed by atoms with van der Waals surface area (Å²) < 4.78 is 0. The van der Waals surface area contributed by atoms with Crippen LogP contribution in [0.2, 0.25) is 0 Å². The van der Waals surface area contributed by atoms with Gasteiger partial charge in [0, 0.05) is 10.9 Å². The molecule has 2 aromatic rings. The lowest BCUT2D eigenvalue weighted by molar-refractivity contribution is 0.0688. The fraction of sp³-hybridized carbons (Fsp3) is 0.0909. The van der Waals surface area contributed by atoms with E-state index in [0.717, 1.165) is 5.56 Å². The molecule has 1 heterocycles. The summed E-state index contributed by atoms with van der Waals surface area (Å²) in [6.07, 6.45) is 0.571. The number of carboxylic acids is 1. The van der Waals surface area contributed by atoms with Crippen LogP contribution < -0.4 is 0 Å². The Morgan fingerprint density at radius 2 is 2.20 bits per heavy atom. The predicted molar refractivity (Wildman–Crippen MR) is 55.4 cm³/mol. The minimum absolute atomic E-state index is 0.0469. The van der Waals surface area contributed by atoms with Crippen LogP contribution in [0, 0.1) is 6.92 Å². The van der Waals surface area contributed by atoms with E-state index in [1.807, 2.05) is 13.0 Å². The Hall–Kier alpha value is -2.10. The van der Waals surface area contributed by atoms with E-state index in [2.05, 4.69) is 4.98 Å². The molecule has 0 saturated carbocycles. The normalized spacial score (nSPS) is 10.5. The molecule has 1 aromatic heterocycles. The van der Waals surface area contributed by atoms with E-state index in [4.69, 9.17) is 5.11 Å². The van der Waals surface area contributed by atoms with E-state index in [1.165, 1.54) is 0 Å². The number of aldehydes is 1. The predicted octanol–water partition coefficient (Wildman–Crippen LogP) is 1.99. The van der Waals surface area contributed by atoms with Crippen LogP contribution >= 0.6 is 0 Å². The number of benzene rings is 1. The van der Waals surface area contributed by atoms with Gasteiger partial charge in [-0.25, -0.2) is 4.79 Å². The van der Waals surface area contributed by atoms with Crippen molar-refractivity contribution in [1.82, 2.24) is 4.98 Å². The first-order valence-electron chi connectivity index (χ1n) is 4.45. The summed E-state index contributed by atoms with van der Waals surface area (Å²) in [5.41, 5.74) is 1.79. The lowest BCUT2D eigenvalue weighted by Crippen LogP contribution is -2.00. The van der Waals surface area contributed by atoms with Gasteiger partial charge in [-0.2, -0.15) is 0 Å². The van der Waals surface area contributed by atoms with Crippen molar-refractivity contribution >= 4 is 23.2 Å². The highest BCUT2D eigenvalue weighted by Gasteiger charge is 2.16. The third-order valence-corrected chi connectivity index (χ3v) is 2.41. The maximum Gasteiger partial charge on any atom is 0.353 e. The number of aryl methyl sites for hydroxylation is 1. The van der Waals surface area contributed by atoms with Crippen LogP contribution in [-0.4, -0.2) is 22.3 Å². The van der Waals surface area contributed by atoms with Crippen molar-refractivity contribution in [2.45, 2.75) is 6.92 Å². The number of nitrogens with one attached hydrogen (secondary N) is 1. The van der Waals surface area contributed by atoms with Gasteiger partial charge in [-0.05, 0) is 12.5 Å². The molecule has 76 valence electrons. The van der Waals surface area contributed by atoms with Gasteiger partial charge in [0.15, 0.2) is 6.29 Å². The molecule has 0 aliphatic carbocycles. The summed E-state index contributed by atoms with van der Waals surface area (Å²) >= 11 is 0. The number of para-hydroxylation sites is 1. The molecule has 0 spiro atoms. The molecule has 4 nitrogen and oxygen atoms in total. The van der Waals surface area contributed by atoms with Crippen LogP contribution in [0.15, 0.2) is 18.2 Å². The third-order valence-electron chi connectivity index (χ3n) is 2.41. The molecule has 0 amide bonds. The zero-order chi connectivity index (χ0) is 11.0. The SMILES string of the molecule is Cc1cccc2c(C=O)c(C(=O)O)[nH]c12. The van der Waals surface area contributed by atoms with Gasteiger partial charge in [0.1, 0.15) is 5.69 Å². The zero-order valence-corrected chi connectivity index (χ0v) is 8.07. The number of carbonyl (C=O) groups excluding carboxylic acids is 1. The molecule has 1 aromatic carbocycles. The second kappa shape index (κ2) is 3.24. The largest absolute Gasteiger partial charge is 0.477 e. The number of hydrogen-bond acceptors (Lipinski definition) is 2. The molecule has 0 aliphatic heterocycles. The van der Waals surface area contributed by atoms with Crippen molar-refractivity contribution in [2.24, 2.45) is 0 Å². The van der Waals surface area contributed by atoms with E-state index in [0.29, 0.717) is 17.2 Å². The number of H-pyrrole nitrogens is 1. The molecule has 0 atom stereocenters. The van der Waals surface area contributed by atoms with Gasteiger partial charge in [-0.3, -0.25) is 4.79 Å². The van der Waals surface area contributed by atoms with Gasteiger partial charge in [-0.15, -0.1) is 0 Å². The van der Waals surface area contributed by atoms with Gasteiger partial charge >= 0.3 is 5.97 Å². The van der Waals surface area contributed by atoms with E-state index in [-0.39, 0.29) is 11.3 Å².